The van der Waals surface area contributed by atoms with Gasteiger partial charge in [-0.25, -0.2) is 0 Å². The molecule has 0 bridgehead atoms. The fourth-order valence-corrected chi connectivity index (χ4v) is 4.16. The maximum Gasteiger partial charge on any atom is 0.305 e. The van der Waals surface area contributed by atoms with Crippen molar-refractivity contribution in [3.8, 4) is 0 Å². The van der Waals surface area contributed by atoms with Gasteiger partial charge in [0.15, 0.2) is 5.96 Å². The molecule has 16 heteroatoms. The molecule has 1 heterocycles. The van der Waals surface area contributed by atoms with E-state index in [1.54, 1.807) is 30.3 Å². The number of thiol groups is 1. The lowest BCUT2D eigenvalue weighted by atomic mass is 10.0. The number of nitrogens with two attached hydrogens (primary N) is 2. The van der Waals surface area contributed by atoms with Gasteiger partial charge in [-0.15, -0.1) is 0 Å². The maximum atomic E-state index is 13.3. The van der Waals surface area contributed by atoms with Crippen LogP contribution in [-0.2, 0) is 35.2 Å². The number of nitrogens with one attached hydrogen (secondary N) is 5. The fourth-order valence-electron chi connectivity index (χ4n) is 3.90. The number of benzene rings is 1. The highest BCUT2D eigenvalue weighted by Gasteiger charge is 2.34. The number of nitrogens with zero attached hydrogens (tertiary/aromatic N) is 1. The molecule has 1 aromatic carbocycles. The molecule has 1 aliphatic rings. The van der Waals surface area contributed by atoms with Gasteiger partial charge in [0.2, 0.25) is 29.5 Å². The number of amides is 5. The Morgan fingerprint density at radius 3 is 1.98 bits per heavy atom. The zero-order valence-electron chi connectivity index (χ0n) is 22.5. The second kappa shape index (κ2) is 16.1. The van der Waals surface area contributed by atoms with E-state index in [1.165, 1.54) is 6.92 Å². The van der Waals surface area contributed by atoms with Gasteiger partial charge in [-0.2, -0.15) is 12.6 Å². The van der Waals surface area contributed by atoms with Gasteiger partial charge in [-0.05, 0) is 25.3 Å². The SMILES string of the molecule is CC1NC(=O)C(CCCN=C(N)N)NC(=O)C(CS)NC(=O)C(Cc2ccccc2)NC(=O)C(CC(=O)O)NC1=O. The predicted octanol–water partition coefficient (Wildman–Crippen LogP) is -2.86. The van der Waals surface area contributed by atoms with E-state index in [1.807, 2.05) is 0 Å². The van der Waals surface area contributed by atoms with E-state index in [2.05, 4.69) is 44.2 Å². The first-order chi connectivity index (χ1) is 19.4. The van der Waals surface area contributed by atoms with E-state index in [0.29, 0.717) is 5.56 Å². The van der Waals surface area contributed by atoms with Crippen molar-refractivity contribution in [2.45, 2.75) is 62.8 Å². The number of carboxylic acids is 1. The van der Waals surface area contributed by atoms with Gasteiger partial charge >= 0.3 is 5.97 Å². The van der Waals surface area contributed by atoms with Crippen molar-refractivity contribution >= 4 is 54.1 Å². The molecule has 1 saturated heterocycles. The first kappa shape index (κ1) is 32.9. The van der Waals surface area contributed by atoms with Crippen LogP contribution in [0.4, 0.5) is 0 Å². The fraction of sp³-hybridized carbons (Fsp3) is 0.480. The minimum Gasteiger partial charge on any atom is -0.481 e. The lowest BCUT2D eigenvalue weighted by molar-refractivity contribution is -0.141. The molecule has 2 rings (SSSR count). The Kier molecular flexibility index (Phi) is 12.9. The Bertz CT molecular complexity index is 1150. The molecule has 10 N–H and O–H groups in total. The third-order valence-corrected chi connectivity index (χ3v) is 6.44. The average Bonchev–Trinajstić information content (AvgIpc) is 2.91. The summed E-state index contributed by atoms with van der Waals surface area (Å²) in [6.45, 7) is 1.50. The Morgan fingerprint density at radius 2 is 1.37 bits per heavy atom. The van der Waals surface area contributed by atoms with Crippen molar-refractivity contribution in [3.05, 3.63) is 35.9 Å². The first-order valence-corrected chi connectivity index (χ1v) is 13.5. The lowest BCUT2D eigenvalue weighted by Gasteiger charge is -2.25. The van der Waals surface area contributed by atoms with E-state index in [9.17, 15) is 33.9 Å². The molecule has 0 aromatic heterocycles. The molecule has 0 saturated carbocycles. The maximum absolute atomic E-state index is 13.3. The van der Waals surface area contributed by atoms with Gasteiger partial charge in [0.1, 0.15) is 30.2 Å². The molecule has 0 aliphatic carbocycles. The van der Waals surface area contributed by atoms with Crippen LogP contribution in [0.5, 0.6) is 0 Å². The largest absolute Gasteiger partial charge is 0.481 e. The molecule has 1 fully saturated rings. The predicted molar refractivity (Wildman–Crippen MR) is 151 cm³/mol. The first-order valence-electron chi connectivity index (χ1n) is 12.8. The van der Waals surface area contributed by atoms with Gasteiger partial charge in [-0.3, -0.25) is 33.8 Å². The van der Waals surface area contributed by atoms with Gasteiger partial charge in [0, 0.05) is 18.7 Å². The quantitative estimate of drug-likeness (QED) is 0.0618. The van der Waals surface area contributed by atoms with E-state index in [0.717, 1.165) is 0 Å². The molecular formula is C25H36N8O7S. The number of hydrogen-bond donors (Lipinski definition) is 9. The van der Waals surface area contributed by atoms with Crippen molar-refractivity contribution in [3.63, 3.8) is 0 Å². The molecule has 0 spiro atoms. The summed E-state index contributed by atoms with van der Waals surface area (Å²) in [4.78, 5) is 80.8. The van der Waals surface area contributed by atoms with Crippen molar-refractivity contribution in [1.29, 1.82) is 0 Å². The van der Waals surface area contributed by atoms with Crippen molar-refractivity contribution < 1.29 is 33.9 Å². The van der Waals surface area contributed by atoms with Crippen LogP contribution in [0.25, 0.3) is 0 Å². The Hall–Kier alpha value is -4.34. The van der Waals surface area contributed by atoms with E-state index >= 15 is 0 Å². The van der Waals surface area contributed by atoms with Crippen LogP contribution < -0.4 is 38.1 Å². The molecule has 1 aliphatic heterocycles. The summed E-state index contributed by atoms with van der Waals surface area (Å²) in [5.74, 6) is -5.67. The van der Waals surface area contributed by atoms with Crippen LogP contribution in [0.3, 0.4) is 0 Å². The number of carboxylic acid groups (broad SMARTS) is 1. The van der Waals surface area contributed by atoms with Crippen molar-refractivity contribution in [2.24, 2.45) is 16.5 Å². The molecular weight excluding hydrogens is 556 g/mol. The molecule has 5 atom stereocenters. The van der Waals surface area contributed by atoms with Crippen LogP contribution in [0.2, 0.25) is 0 Å². The molecule has 41 heavy (non-hydrogen) atoms. The number of aliphatic carboxylic acids is 1. The third kappa shape index (κ3) is 11.0. The van der Waals surface area contributed by atoms with Crippen molar-refractivity contribution in [1.82, 2.24) is 26.6 Å². The van der Waals surface area contributed by atoms with E-state index in [4.69, 9.17) is 11.5 Å². The number of rotatable bonds is 9. The molecule has 5 amide bonds. The molecule has 224 valence electrons. The number of carbonyl (C=O) groups is 6. The number of hydrogen-bond acceptors (Lipinski definition) is 8. The summed E-state index contributed by atoms with van der Waals surface area (Å²) in [6.07, 6.45) is -0.428. The number of guanidine groups is 1. The Morgan fingerprint density at radius 1 is 0.829 bits per heavy atom. The zero-order valence-corrected chi connectivity index (χ0v) is 23.4. The summed E-state index contributed by atoms with van der Waals surface area (Å²) in [5, 5.41) is 21.7. The highest BCUT2D eigenvalue weighted by molar-refractivity contribution is 7.80. The summed E-state index contributed by atoms with van der Waals surface area (Å²) < 4.78 is 0. The second-order valence-electron chi connectivity index (χ2n) is 9.39. The number of carbonyl (C=O) groups excluding carboxylic acids is 5. The normalized spacial score (nSPS) is 24.3. The lowest BCUT2D eigenvalue weighted by Crippen LogP contribution is -2.58. The summed E-state index contributed by atoms with van der Waals surface area (Å²) >= 11 is 4.17. The monoisotopic (exact) mass is 592 g/mol. The minimum atomic E-state index is -1.56. The van der Waals surface area contributed by atoms with E-state index in [-0.39, 0.29) is 37.5 Å². The van der Waals surface area contributed by atoms with Crippen LogP contribution in [0.1, 0.15) is 31.7 Å². The smallest absolute Gasteiger partial charge is 0.305 e. The highest BCUT2D eigenvalue weighted by atomic mass is 32.1. The van der Waals surface area contributed by atoms with Gasteiger partial charge in [-0.1, -0.05) is 30.3 Å². The zero-order chi connectivity index (χ0) is 30.5. The average molecular weight is 593 g/mol. The van der Waals surface area contributed by atoms with Crippen LogP contribution in [0, 0.1) is 0 Å². The van der Waals surface area contributed by atoms with Crippen LogP contribution >= 0.6 is 12.6 Å². The van der Waals surface area contributed by atoms with Gasteiger partial charge in [0.05, 0.1) is 6.42 Å². The summed E-state index contributed by atoms with van der Waals surface area (Å²) in [6, 6.07) is 2.31. The second-order valence-corrected chi connectivity index (χ2v) is 9.76. The third-order valence-electron chi connectivity index (χ3n) is 6.07. The van der Waals surface area contributed by atoms with E-state index < -0.39 is 72.1 Å². The Labute approximate surface area is 242 Å². The number of aliphatic imine (C=N–C) groups is 1. The van der Waals surface area contributed by atoms with Crippen LogP contribution in [0.15, 0.2) is 35.3 Å². The molecule has 5 unspecified atom stereocenters. The summed E-state index contributed by atoms with van der Waals surface area (Å²) in [7, 11) is 0. The molecule has 15 nitrogen and oxygen atoms in total. The molecule has 1 aromatic rings. The minimum absolute atomic E-state index is 0.00305. The Balaban J connectivity index is 2.43. The summed E-state index contributed by atoms with van der Waals surface area (Å²) in [5.41, 5.74) is 11.3. The standard InChI is InChI=1S/C25H36N8O7S/c1-13-20(36)31-17(11-19(34)35)23(39)32-16(10-14-6-3-2-4-7-14)22(38)33-18(12-41)24(40)30-15(21(37)29-13)8-5-9-28-25(26)27/h2-4,6-7,13,15-18,41H,5,8-12H2,1H3,(H,29,37)(H,30,40)(H,31,36)(H,32,39)(H,33,38)(H,34,35)(H4,26,27,28). The highest BCUT2D eigenvalue weighted by Crippen LogP contribution is 2.07. The molecule has 0 radical (unpaired) electrons. The van der Waals surface area contributed by atoms with Crippen LogP contribution in [-0.4, -0.2) is 89.1 Å². The van der Waals surface area contributed by atoms with Crippen molar-refractivity contribution in [2.75, 3.05) is 12.3 Å². The topological polar surface area (TPSA) is 247 Å². The van der Waals surface area contributed by atoms with Gasteiger partial charge < -0.3 is 43.2 Å². The van der Waals surface area contributed by atoms with Gasteiger partial charge in [0.25, 0.3) is 0 Å².